The van der Waals surface area contributed by atoms with Crippen molar-refractivity contribution in [3.63, 3.8) is 0 Å². The summed E-state index contributed by atoms with van der Waals surface area (Å²) in [5.41, 5.74) is -0.720. The van der Waals surface area contributed by atoms with Crippen LogP contribution in [0.15, 0.2) is 0 Å². The number of amides is 1. The zero-order valence-corrected chi connectivity index (χ0v) is 12.2. The average molecular weight is 268 g/mol. The molecule has 2 aliphatic rings. The first-order chi connectivity index (χ1) is 9.07. The molecule has 0 aromatic rings. The molecule has 1 aliphatic heterocycles. The Bertz CT molecular complexity index is 295. The fraction of sp³-hybridized carbons (Fsp3) is 0.933. The van der Waals surface area contributed by atoms with Crippen LogP contribution in [-0.4, -0.2) is 47.7 Å². The topological polar surface area (TPSA) is 52.6 Å². The third kappa shape index (κ3) is 4.77. The van der Waals surface area contributed by atoms with Crippen molar-refractivity contribution in [1.82, 2.24) is 10.2 Å². The maximum Gasteiger partial charge on any atom is 0.222 e. The van der Waals surface area contributed by atoms with Gasteiger partial charge in [0.15, 0.2) is 0 Å². The van der Waals surface area contributed by atoms with Crippen molar-refractivity contribution in [3.8, 4) is 0 Å². The summed E-state index contributed by atoms with van der Waals surface area (Å²) in [6, 6.07) is 0. The molecular weight excluding hydrogens is 240 g/mol. The molecular formula is C15H28N2O2. The molecule has 4 nitrogen and oxygen atoms in total. The Morgan fingerprint density at radius 2 is 1.89 bits per heavy atom. The number of rotatable bonds is 6. The highest BCUT2D eigenvalue weighted by atomic mass is 16.3. The first-order valence-corrected chi connectivity index (χ1v) is 7.79. The maximum atomic E-state index is 11.9. The van der Waals surface area contributed by atoms with Crippen LogP contribution in [0.1, 0.15) is 51.9 Å². The Hall–Kier alpha value is -0.610. The number of hydrogen-bond donors (Lipinski definition) is 2. The van der Waals surface area contributed by atoms with Gasteiger partial charge in [0.25, 0.3) is 0 Å². The fourth-order valence-electron chi connectivity index (χ4n) is 3.33. The number of carbonyl (C=O) groups excluding carboxylic acids is 1. The van der Waals surface area contributed by atoms with Gasteiger partial charge < -0.3 is 15.3 Å². The summed E-state index contributed by atoms with van der Waals surface area (Å²) >= 11 is 0. The molecule has 2 fully saturated rings. The molecule has 1 saturated carbocycles. The largest absolute Gasteiger partial charge is 0.389 e. The van der Waals surface area contributed by atoms with E-state index in [1.165, 1.54) is 25.9 Å². The average Bonchev–Trinajstić information content (AvgIpc) is 2.98. The fourth-order valence-corrected chi connectivity index (χ4v) is 3.33. The molecule has 1 atom stereocenters. The minimum absolute atomic E-state index is 0.0117. The maximum absolute atomic E-state index is 11.9. The molecule has 0 spiro atoms. The SMILES string of the molecule is CC(CNC(=O)CC1(O)CCCC1)CN1CCCC1. The van der Waals surface area contributed by atoms with Gasteiger partial charge in [0.1, 0.15) is 0 Å². The predicted molar refractivity (Wildman–Crippen MR) is 75.9 cm³/mol. The Labute approximate surface area is 116 Å². The van der Waals surface area contributed by atoms with E-state index in [0.29, 0.717) is 5.92 Å². The molecule has 110 valence electrons. The molecule has 2 N–H and O–H groups in total. The first kappa shape index (κ1) is 14.8. The zero-order valence-electron chi connectivity index (χ0n) is 12.2. The van der Waals surface area contributed by atoms with E-state index in [4.69, 9.17) is 0 Å². The predicted octanol–water partition coefficient (Wildman–Crippen LogP) is 1.53. The number of nitrogens with one attached hydrogen (secondary N) is 1. The van der Waals surface area contributed by atoms with Crippen LogP contribution < -0.4 is 5.32 Å². The van der Waals surface area contributed by atoms with Gasteiger partial charge in [0, 0.05) is 13.1 Å². The zero-order chi connectivity index (χ0) is 13.7. The molecule has 0 aromatic heterocycles. The normalized spacial score (nSPS) is 24.5. The molecule has 19 heavy (non-hydrogen) atoms. The van der Waals surface area contributed by atoms with Crippen molar-refractivity contribution in [3.05, 3.63) is 0 Å². The second kappa shape index (κ2) is 6.71. The Morgan fingerprint density at radius 1 is 1.26 bits per heavy atom. The molecule has 1 saturated heterocycles. The summed E-state index contributed by atoms with van der Waals surface area (Å²) in [6.45, 7) is 6.40. The van der Waals surface area contributed by atoms with Gasteiger partial charge in [-0.05, 0) is 44.7 Å². The third-order valence-corrected chi connectivity index (χ3v) is 4.44. The van der Waals surface area contributed by atoms with Gasteiger partial charge in [-0.1, -0.05) is 19.8 Å². The third-order valence-electron chi connectivity index (χ3n) is 4.44. The van der Waals surface area contributed by atoms with E-state index in [1.54, 1.807) is 0 Å². The lowest BCUT2D eigenvalue weighted by Crippen LogP contribution is -2.38. The molecule has 0 radical (unpaired) electrons. The first-order valence-electron chi connectivity index (χ1n) is 7.79. The van der Waals surface area contributed by atoms with Crippen molar-refractivity contribution < 1.29 is 9.90 Å². The number of likely N-dealkylation sites (tertiary alicyclic amines) is 1. The smallest absolute Gasteiger partial charge is 0.222 e. The van der Waals surface area contributed by atoms with Gasteiger partial charge in [0.05, 0.1) is 12.0 Å². The van der Waals surface area contributed by atoms with Crippen molar-refractivity contribution in [2.45, 2.75) is 57.5 Å². The second-order valence-corrected chi connectivity index (χ2v) is 6.53. The summed E-state index contributed by atoms with van der Waals surface area (Å²) in [6.07, 6.45) is 6.57. The Balaban J connectivity index is 1.62. The number of nitrogens with zero attached hydrogens (tertiary/aromatic N) is 1. The lowest BCUT2D eigenvalue weighted by Gasteiger charge is -2.23. The van der Waals surface area contributed by atoms with Crippen molar-refractivity contribution in [2.75, 3.05) is 26.2 Å². The molecule has 1 heterocycles. The van der Waals surface area contributed by atoms with Gasteiger partial charge in [-0.3, -0.25) is 4.79 Å². The van der Waals surface area contributed by atoms with Crippen molar-refractivity contribution >= 4 is 5.91 Å². The van der Waals surface area contributed by atoms with Gasteiger partial charge in [-0.15, -0.1) is 0 Å². The van der Waals surface area contributed by atoms with Crippen LogP contribution >= 0.6 is 0 Å². The monoisotopic (exact) mass is 268 g/mol. The lowest BCUT2D eigenvalue weighted by molar-refractivity contribution is -0.126. The van der Waals surface area contributed by atoms with Gasteiger partial charge in [-0.2, -0.15) is 0 Å². The molecule has 1 aliphatic carbocycles. The Morgan fingerprint density at radius 3 is 2.53 bits per heavy atom. The van der Waals surface area contributed by atoms with Crippen LogP contribution in [-0.2, 0) is 4.79 Å². The van der Waals surface area contributed by atoms with Crippen molar-refractivity contribution in [2.24, 2.45) is 5.92 Å². The minimum atomic E-state index is -0.720. The van der Waals surface area contributed by atoms with Gasteiger partial charge in [-0.25, -0.2) is 0 Å². The molecule has 1 amide bonds. The van der Waals surface area contributed by atoms with E-state index in [9.17, 15) is 9.90 Å². The van der Waals surface area contributed by atoms with Crippen molar-refractivity contribution in [1.29, 1.82) is 0 Å². The van der Waals surface area contributed by atoms with Crippen LogP contribution in [0.5, 0.6) is 0 Å². The summed E-state index contributed by atoms with van der Waals surface area (Å²) in [5.74, 6) is 0.498. The highest BCUT2D eigenvalue weighted by molar-refractivity contribution is 5.77. The molecule has 0 aromatic carbocycles. The van der Waals surface area contributed by atoms with Crippen LogP contribution in [0.2, 0.25) is 0 Å². The number of aliphatic hydroxyl groups is 1. The highest BCUT2D eigenvalue weighted by Crippen LogP contribution is 2.32. The summed E-state index contributed by atoms with van der Waals surface area (Å²) in [5, 5.41) is 13.2. The van der Waals surface area contributed by atoms with Crippen LogP contribution in [0.3, 0.4) is 0 Å². The van der Waals surface area contributed by atoms with Crippen LogP contribution in [0.4, 0.5) is 0 Å². The van der Waals surface area contributed by atoms with Crippen LogP contribution in [0, 0.1) is 5.92 Å². The van der Waals surface area contributed by atoms with E-state index in [0.717, 1.165) is 38.8 Å². The minimum Gasteiger partial charge on any atom is -0.389 e. The lowest BCUT2D eigenvalue weighted by atomic mass is 9.97. The second-order valence-electron chi connectivity index (χ2n) is 6.53. The summed E-state index contributed by atoms with van der Waals surface area (Å²) < 4.78 is 0. The summed E-state index contributed by atoms with van der Waals surface area (Å²) in [4.78, 5) is 14.3. The van der Waals surface area contributed by atoms with E-state index in [2.05, 4.69) is 17.1 Å². The number of carbonyl (C=O) groups is 1. The van der Waals surface area contributed by atoms with E-state index in [1.807, 2.05) is 0 Å². The van der Waals surface area contributed by atoms with Crippen LogP contribution in [0.25, 0.3) is 0 Å². The van der Waals surface area contributed by atoms with Gasteiger partial charge in [0.2, 0.25) is 5.91 Å². The summed E-state index contributed by atoms with van der Waals surface area (Å²) in [7, 11) is 0. The van der Waals surface area contributed by atoms with E-state index < -0.39 is 5.60 Å². The molecule has 2 rings (SSSR count). The van der Waals surface area contributed by atoms with E-state index in [-0.39, 0.29) is 12.3 Å². The molecule has 4 heteroatoms. The molecule has 1 unspecified atom stereocenters. The standard InChI is InChI=1S/C15H28N2O2/c1-13(12-17-8-4-5-9-17)11-16-14(18)10-15(19)6-2-3-7-15/h13,19H,2-12H2,1H3,(H,16,18). The quantitative estimate of drug-likeness (QED) is 0.768. The highest BCUT2D eigenvalue weighted by Gasteiger charge is 2.33. The van der Waals surface area contributed by atoms with E-state index >= 15 is 0 Å². The number of hydrogen-bond acceptors (Lipinski definition) is 3. The Kier molecular flexibility index (Phi) is 5.22. The molecule has 0 bridgehead atoms. The van der Waals surface area contributed by atoms with Gasteiger partial charge >= 0.3 is 0 Å².